The van der Waals surface area contributed by atoms with Crippen molar-refractivity contribution >= 4 is 28.6 Å². The lowest BCUT2D eigenvalue weighted by Crippen LogP contribution is -2.44. The number of benzene rings is 1. The summed E-state index contributed by atoms with van der Waals surface area (Å²) in [4.78, 5) is 26.9. The largest absolute Gasteiger partial charge is 0.493 e. The van der Waals surface area contributed by atoms with Crippen LogP contribution in [0.3, 0.4) is 0 Å². The number of rotatable bonds is 6. The van der Waals surface area contributed by atoms with Crippen LogP contribution in [0.4, 0.5) is 14.6 Å². The number of methoxy groups -OCH3 is 1. The van der Waals surface area contributed by atoms with Crippen molar-refractivity contribution in [3.63, 3.8) is 0 Å². The average Bonchev–Trinajstić information content (AvgIpc) is 3.48. The average molecular weight is 575 g/mol. The summed E-state index contributed by atoms with van der Waals surface area (Å²) in [6, 6.07) is 6.97. The Labute approximate surface area is 244 Å². The molecule has 42 heavy (non-hydrogen) atoms. The number of aromatic amines is 1. The van der Waals surface area contributed by atoms with Crippen molar-refractivity contribution in [3.8, 4) is 16.9 Å². The number of aromatic nitrogens is 3. The van der Waals surface area contributed by atoms with Gasteiger partial charge in [-0.3, -0.25) is 9.78 Å². The smallest absolute Gasteiger partial charge is 0.171 e. The van der Waals surface area contributed by atoms with Gasteiger partial charge in [0.25, 0.3) is 0 Å². The minimum absolute atomic E-state index is 0.311. The summed E-state index contributed by atoms with van der Waals surface area (Å²) in [7, 11) is 3.63. The molecule has 0 aliphatic carbocycles. The van der Waals surface area contributed by atoms with Crippen LogP contribution in [0.5, 0.6) is 5.75 Å². The van der Waals surface area contributed by atoms with Crippen LogP contribution in [0.1, 0.15) is 35.0 Å². The molecule has 0 amide bonds. The van der Waals surface area contributed by atoms with E-state index in [2.05, 4.69) is 50.1 Å². The Morgan fingerprint density at radius 2 is 1.88 bits per heavy atom. The van der Waals surface area contributed by atoms with Crippen LogP contribution in [-0.2, 0) is 6.42 Å². The molecule has 0 atom stereocenters. The quantitative estimate of drug-likeness (QED) is 0.310. The molecule has 0 bridgehead atoms. The standard InChI is InChI=1S/C21H20FN3O.C11H16FN3O/c1-2-13-5-7-24-11-19(13)17-9-16(14-4-3-6-23-10-14)20(22)21-18(17)8-15(12-26)25-21;1-14-3-5-15(6-4-14)11-10(16-2)7-9(12)8-13-11/h4-5,7-9,11-12,23,25H,2-3,6,10H2,1H3;7-8H,3-6H2,1-2H3. The first-order valence-electron chi connectivity index (χ1n) is 14.2. The summed E-state index contributed by atoms with van der Waals surface area (Å²) >= 11 is 0. The third-order valence-corrected chi connectivity index (χ3v) is 7.78. The Bertz CT molecular complexity index is 1590. The van der Waals surface area contributed by atoms with Crippen molar-refractivity contribution in [3.05, 3.63) is 77.4 Å². The van der Waals surface area contributed by atoms with Crippen LogP contribution in [0, 0.1) is 11.6 Å². The number of fused-ring (bicyclic) bond motifs is 1. The summed E-state index contributed by atoms with van der Waals surface area (Å²) in [6.45, 7) is 7.39. The Kier molecular flexibility index (Phi) is 9.24. The highest BCUT2D eigenvalue weighted by atomic mass is 19.1. The van der Waals surface area contributed by atoms with Gasteiger partial charge in [0, 0.05) is 67.7 Å². The SMILES string of the molecule is CCc1ccncc1-c1cc(C2=CCCNC2)c(F)c2[nH]c(C=O)cc12.COc1cc(F)cnc1N1CCN(C)CC1. The molecule has 4 aromatic rings. The fraction of sp³-hybridized carbons (Fsp3) is 0.344. The number of aryl methyl sites for hydroxylation is 1. The molecule has 220 valence electrons. The van der Waals surface area contributed by atoms with Gasteiger partial charge in [-0.25, -0.2) is 13.8 Å². The Hall–Kier alpha value is -4.15. The molecule has 2 aliphatic heterocycles. The maximum atomic E-state index is 15.3. The van der Waals surface area contributed by atoms with E-state index < -0.39 is 0 Å². The van der Waals surface area contributed by atoms with E-state index >= 15 is 4.39 Å². The molecule has 1 saturated heterocycles. The second-order valence-electron chi connectivity index (χ2n) is 10.5. The third kappa shape index (κ3) is 6.19. The number of hydrogen-bond donors (Lipinski definition) is 2. The summed E-state index contributed by atoms with van der Waals surface area (Å²) in [6.07, 6.45) is 9.34. The molecule has 5 heterocycles. The Morgan fingerprint density at radius 1 is 1.07 bits per heavy atom. The normalized spacial score (nSPS) is 15.6. The number of likely N-dealkylation sites (N-methyl/N-ethyl adjacent to an activating group) is 1. The zero-order valence-electron chi connectivity index (χ0n) is 24.2. The minimum atomic E-state index is -0.366. The highest BCUT2D eigenvalue weighted by molar-refractivity contribution is 6.01. The summed E-state index contributed by atoms with van der Waals surface area (Å²) in [5.74, 6) is 0.560. The number of hydrogen-bond acceptors (Lipinski definition) is 7. The van der Waals surface area contributed by atoms with E-state index in [0.29, 0.717) is 40.7 Å². The van der Waals surface area contributed by atoms with Gasteiger partial charge in [0.1, 0.15) is 5.82 Å². The number of halogens is 2. The van der Waals surface area contributed by atoms with Crippen LogP contribution in [0.15, 0.2) is 48.9 Å². The molecule has 10 heteroatoms. The molecule has 1 aromatic carbocycles. The molecule has 6 rings (SSSR count). The van der Waals surface area contributed by atoms with Gasteiger partial charge >= 0.3 is 0 Å². The highest BCUT2D eigenvalue weighted by Gasteiger charge is 2.21. The molecule has 0 saturated carbocycles. The number of pyridine rings is 2. The molecular formula is C32H36F2N6O2. The summed E-state index contributed by atoms with van der Waals surface area (Å²) in [5, 5.41) is 4.00. The molecule has 2 aliphatic rings. The van der Waals surface area contributed by atoms with Crippen molar-refractivity contribution in [1.29, 1.82) is 0 Å². The predicted octanol–water partition coefficient (Wildman–Crippen LogP) is 5.10. The molecule has 8 nitrogen and oxygen atoms in total. The maximum absolute atomic E-state index is 15.3. The first-order valence-corrected chi connectivity index (χ1v) is 14.2. The lowest BCUT2D eigenvalue weighted by atomic mass is 9.92. The van der Waals surface area contributed by atoms with Crippen LogP contribution >= 0.6 is 0 Å². The monoisotopic (exact) mass is 574 g/mol. The summed E-state index contributed by atoms with van der Waals surface area (Å²) < 4.78 is 33.4. The van der Waals surface area contributed by atoms with E-state index in [1.54, 1.807) is 12.3 Å². The van der Waals surface area contributed by atoms with Crippen molar-refractivity contribution in [2.75, 3.05) is 58.3 Å². The van der Waals surface area contributed by atoms with E-state index in [4.69, 9.17) is 4.74 Å². The molecule has 0 radical (unpaired) electrons. The predicted molar refractivity (Wildman–Crippen MR) is 162 cm³/mol. The van der Waals surface area contributed by atoms with E-state index in [-0.39, 0.29) is 11.6 Å². The minimum Gasteiger partial charge on any atom is -0.493 e. The van der Waals surface area contributed by atoms with E-state index in [1.165, 1.54) is 19.4 Å². The van der Waals surface area contributed by atoms with Gasteiger partial charge < -0.3 is 24.8 Å². The number of aldehydes is 1. The molecule has 2 N–H and O–H groups in total. The fourth-order valence-corrected chi connectivity index (χ4v) is 5.44. The van der Waals surface area contributed by atoms with Gasteiger partial charge in [-0.05, 0) is 61.3 Å². The van der Waals surface area contributed by atoms with Gasteiger partial charge in [0.15, 0.2) is 23.7 Å². The van der Waals surface area contributed by atoms with Crippen LogP contribution in [0.25, 0.3) is 27.6 Å². The Balaban J connectivity index is 0.000000189. The first-order chi connectivity index (χ1) is 20.4. The molecule has 1 fully saturated rings. The molecule has 3 aromatic heterocycles. The van der Waals surface area contributed by atoms with E-state index in [0.717, 1.165) is 73.6 Å². The summed E-state index contributed by atoms with van der Waals surface area (Å²) in [5.41, 5.74) is 5.28. The first kappa shape index (κ1) is 29.3. The number of carbonyl (C=O) groups excluding carboxylic acids is 1. The van der Waals surface area contributed by atoms with Gasteiger partial charge in [-0.1, -0.05) is 13.0 Å². The van der Waals surface area contributed by atoms with Gasteiger partial charge in [-0.2, -0.15) is 0 Å². The number of carbonyl (C=O) groups is 1. The van der Waals surface area contributed by atoms with Crippen LogP contribution < -0.4 is 15.0 Å². The van der Waals surface area contributed by atoms with Crippen LogP contribution in [-0.4, -0.2) is 79.6 Å². The molecular weight excluding hydrogens is 538 g/mol. The Morgan fingerprint density at radius 3 is 2.57 bits per heavy atom. The number of ether oxygens (including phenoxy) is 1. The topological polar surface area (TPSA) is 86.4 Å². The van der Waals surface area contributed by atoms with Crippen molar-refractivity contribution < 1.29 is 18.3 Å². The lowest BCUT2D eigenvalue weighted by Gasteiger charge is -2.33. The lowest BCUT2D eigenvalue weighted by molar-refractivity contribution is 0.111. The zero-order chi connectivity index (χ0) is 29.6. The maximum Gasteiger partial charge on any atom is 0.171 e. The van der Waals surface area contributed by atoms with Gasteiger partial charge in [0.2, 0.25) is 0 Å². The van der Waals surface area contributed by atoms with E-state index in [9.17, 15) is 9.18 Å². The third-order valence-electron chi connectivity index (χ3n) is 7.78. The second-order valence-corrected chi connectivity index (χ2v) is 10.5. The number of piperazine rings is 1. The second kappa shape index (κ2) is 13.2. The van der Waals surface area contributed by atoms with Crippen molar-refractivity contribution in [1.82, 2.24) is 25.2 Å². The van der Waals surface area contributed by atoms with Gasteiger partial charge in [-0.15, -0.1) is 0 Å². The number of anilines is 1. The molecule has 0 spiro atoms. The number of nitrogens with zero attached hydrogens (tertiary/aromatic N) is 4. The highest BCUT2D eigenvalue weighted by Crippen LogP contribution is 2.37. The van der Waals surface area contributed by atoms with Gasteiger partial charge in [0.05, 0.1) is 24.5 Å². The van der Waals surface area contributed by atoms with E-state index in [1.807, 2.05) is 18.3 Å². The molecule has 0 unspecified atom stereocenters. The fourth-order valence-electron chi connectivity index (χ4n) is 5.44. The van der Waals surface area contributed by atoms with Crippen molar-refractivity contribution in [2.45, 2.75) is 19.8 Å². The zero-order valence-corrected chi connectivity index (χ0v) is 24.2. The number of nitrogens with one attached hydrogen (secondary N) is 2. The number of H-pyrrole nitrogens is 1. The van der Waals surface area contributed by atoms with Crippen molar-refractivity contribution in [2.24, 2.45) is 0 Å². The van der Waals surface area contributed by atoms with Crippen LogP contribution in [0.2, 0.25) is 0 Å².